The molecule has 5 heterocycles. The standard InChI is InChI=1S/C73H88N6O20/c1-44-67-52(78-29-32-96-70(91-3)69(78)99-67)39-58(97-44)98-54-41-73(89,40-50-60(54)66(86)62-61(64(50)84)63(83)49-12-8-14-53(90-2)59(49)65(62)85)71(88)76-42-55(80)74-26-31-93-34-36-95-38-37-94-35-33-92-30-20-56(81)77-27-23-72(24-28-77)21-17-47(18-22-72)68(87)75-25-19-57(82)79-43-48-11-5-4-9-45(48)15-16-46-10-6-7-13-51(46)79/h4-14,44,47,52,54,58,67,69-70,84,86,89H,17-43H2,1-3H3,(H,74,80)(H,75,87)(H,76,88). The first-order valence-corrected chi connectivity index (χ1v) is 34.4. The maximum absolute atomic E-state index is 14.3. The van der Waals surface area contributed by atoms with E-state index in [1.165, 1.54) is 32.4 Å². The lowest BCUT2D eigenvalue weighted by Gasteiger charge is -2.45. The number of likely N-dealkylation sites (tertiary alicyclic amines) is 1. The number of nitrogens with one attached hydrogen (secondary N) is 3. The van der Waals surface area contributed by atoms with Gasteiger partial charge in [0.15, 0.2) is 24.6 Å². The number of ether oxygens (including phenoxy) is 10. The molecule has 530 valence electrons. The van der Waals surface area contributed by atoms with E-state index in [0.29, 0.717) is 59.2 Å². The summed E-state index contributed by atoms with van der Waals surface area (Å²) in [7, 11) is 2.86. The number of aromatic hydroxyl groups is 2. The number of carbonyl (C=O) groups is 7. The zero-order chi connectivity index (χ0) is 69.4. The molecule has 4 aromatic carbocycles. The maximum Gasteiger partial charge on any atom is 0.252 e. The largest absolute Gasteiger partial charge is 0.507 e. The Hall–Kier alpha value is -7.91. The Kier molecular flexibility index (Phi) is 22.7. The number of hydrogen-bond donors (Lipinski definition) is 6. The number of phenolic OH excluding ortho intramolecular Hbond substituents is 2. The van der Waals surface area contributed by atoms with Gasteiger partial charge in [0.25, 0.3) is 5.91 Å². The number of para-hydroxylation sites is 1. The van der Waals surface area contributed by atoms with Crippen molar-refractivity contribution in [1.29, 1.82) is 0 Å². The number of nitrogens with zero attached hydrogens (tertiary/aromatic N) is 3. The Morgan fingerprint density at radius 3 is 2.13 bits per heavy atom. The van der Waals surface area contributed by atoms with Crippen LogP contribution in [0.2, 0.25) is 0 Å². The van der Waals surface area contributed by atoms with Crippen molar-refractivity contribution in [1.82, 2.24) is 25.8 Å². The van der Waals surface area contributed by atoms with Crippen molar-refractivity contribution in [3.63, 3.8) is 0 Å². The van der Waals surface area contributed by atoms with Crippen LogP contribution in [-0.4, -0.2) is 222 Å². The first-order valence-electron chi connectivity index (χ1n) is 34.4. The molecule has 12 rings (SSSR count). The summed E-state index contributed by atoms with van der Waals surface area (Å²) in [5.74, 6) is 1.87. The number of carbonyl (C=O) groups excluding carboxylic acids is 7. The van der Waals surface area contributed by atoms with E-state index in [-0.39, 0.29) is 122 Å². The zero-order valence-corrected chi connectivity index (χ0v) is 56.2. The molecular weight excluding hydrogens is 1280 g/mol. The van der Waals surface area contributed by atoms with Gasteiger partial charge < -0.3 is 88.4 Å². The summed E-state index contributed by atoms with van der Waals surface area (Å²) >= 11 is 0. The van der Waals surface area contributed by atoms with E-state index in [4.69, 9.17) is 47.4 Å². The molecule has 1 spiro atoms. The number of piperidine rings is 1. The second-order valence-corrected chi connectivity index (χ2v) is 26.5. The number of phenols is 2. The Morgan fingerprint density at radius 1 is 0.707 bits per heavy atom. The molecule has 0 aromatic heterocycles. The SMILES string of the molecule is COc1cccc2c1C(=O)c1c(O)c3c(c(O)c1C2=O)CC(O)(C(=O)NCC(=O)NCCOCCOCCOCCOCCC(=O)N1CCC2(CCC(C(=O)NCCC(=O)N4Cc5ccccc5C#Cc5ccccc54)CC2)CC1)CC3OC1CC2C(OC3C(OC)OCCN23)C(C)O1. The molecule has 4 aromatic rings. The highest BCUT2D eigenvalue weighted by atomic mass is 16.7. The highest BCUT2D eigenvalue weighted by Gasteiger charge is 2.56. The van der Waals surface area contributed by atoms with Crippen LogP contribution in [0.1, 0.15) is 137 Å². The van der Waals surface area contributed by atoms with E-state index >= 15 is 0 Å². The Bertz CT molecular complexity index is 3720. The lowest BCUT2D eigenvalue weighted by Crippen LogP contribution is -2.55. The van der Waals surface area contributed by atoms with E-state index in [0.717, 1.165) is 60.9 Å². The summed E-state index contributed by atoms with van der Waals surface area (Å²) in [5, 5.41) is 44.7. The quantitative estimate of drug-likeness (QED) is 0.0258. The number of morpholine rings is 1. The summed E-state index contributed by atoms with van der Waals surface area (Å²) < 4.78 is 58.6. The van der Waals surface area contributed by atoms with Gasteiger partial charge in [-0.3, -0.25) is 38.5 Å². The molecule has 26 heteroatoms. The number of rotatable bonds is 26. The van der Waals surface area contributed by atoms with Gasteiger partial charge in [0.2, 0.25) is 29.4 Å². The van der Waals surface area contributed by atoms with Gasteiger partial charge in [0.05, 0.1) is 121 Å². The van der Waals surface area contributed by atoms with Gasteiger partial charge in [0.1, 0.15) is 29.0 Å². The fourth-order valence-electron chi connectivity index (χ4n) is 15.2. The van der Waals surface area contributed by atoms with Crippen molar-refractivity contribution in [2.24, 2.45) is 11.3 Å². The van der Waals surface area contributed by atoms with Crippen LogP contribution in [0.4, 0.5) is 5.69 Å². The van der Waals surface area contributed by atoms with Gasteiger partial charge >= 0.3 is 0 Å². The van der Waals surface area contributed by atoms with E-state index in [1.807, 2.05) is 60.4 Å². The fraction of sp³-hybridized carbons (Fsp3) is 0.548. The van der Waals surface area contributed by atoms with Crippen LogP contribution < -0.4 is 25.6 Å². The predicted octanol–water partition coefficient (Wildman–Crippen LogP) is 4.09. The van der Waals surface area contributed by atoms with Crippen LogP contribution in [0.5, 0.6) is 17.2 Å². The number of amides is 5. The third kappa shape index (κ3) is 15.5. The smallest absolute Gasteiger partial charge is 0.252 e. The molecule has 4 saturated heterocycles. The molecule has 3 aliphatic carbocycles. The third-order valence-corrected chi connectivity index (χ3v) is 20.6. The topological polar surface area (TPSA) is 318 Å². The highest BCUT2D eigenvalue weighted by Crippen LogP contribution is 2.53. The van der Waals surface area contributed by atoms with Crippen molar-refractivity contribution >= 4 is 46.8 Å². The summed E-state index contributed by atoms with van der Waals surface area (Å²) in [4.78, 5) is 101. The summed E-state index contributed by atoms with van der Waals surface area (Å²) in [6.07, 6.45) is 0.227. The van der Waals surface area contributed by atoms with Crippen molar-refractivity contribution in [3.05, 3.63) is 117 Å². The predicted molar refractivity (Wildman–Crippen MR) is 353 cm³/mol. The lowest BCUT2D eigenvalue weighted by atomic mass is 9.65. The second-order valence-electron chi connectivity index (χ2n) is 26.5. The van der Waals surface area contributed by atoms with Gasteiger partial charge in [0, 0.05) is 105 Å². The summed E-state index contributed by atoms with van der Waals surface area (Å²) in [6, 6.07) is 19.7. The van der Waals surface area contributed by atoms with Crippen LogP contribution in [-0.2, 0) is 79.6 Å². The van der Waals surface area contributed by atoms with Gasteiger partial charge in [-0.25, -0.2) is 0 Å². The number of hydrogen-bond acceptors (Lipinski definition) is 21. The van der Waals surface area contributed by atoms with Crippen LogP contribution in [0, 0.1) is 23.2 Å². The molecule has 6 N–H and O–H groups in total. The van der Waals surface area contributed by atoms with E-state index < -0.39 is 108 Å². The van der Waals surface area contributed by atoms with Crippen LogP contribution >= 0.6 is 0 Å². The minimum Gasteiger partial charge on any atom is -0.507 e. The van der Waals surface area contributed by atoms with Crippen molar-refractivity contribution < 1.29 is 96.2 Å². The van der Waals surface area contributed by atoms with E-state index in [9.17, 15) is 48.9 Å². The average Bonchev–Trinajstić information content (AvgIpc) is 1.21. The van der Waals surface area contributed by atoms with Crippen LogP contribution in [0.15, 0.2) is 66.7 Å². The highest BCUT2D eigenvalue weighted by molar-refractivity contribution is 6.31. The van der Waals surface area contributed by atoms with Crippen LogP contribution in [0.25, 0.3) is 0 Å². The normalized spacial score (nSPS) is 24.5. The van der Waals surface area contributed by atoms with Crippen molar-refractivity contribution in [2.75, 3.05) is 118 Å². The monoisotopic (exact) mass is 1370 g/mol. The maximum atomic E-state index is 14.3. The number of benzene rings is 4. The van der Waals surface area contributed by atoms with Gasteiger partial charge in [-0.05, 0) is 80.7 Å². The molecule has 8 unspecified atom stereocenters. The molecule has 0 radical (unpaired) electrons. The summed E-state index contributed by atoms with van der Waals surface area (Å²) in [6.45, 7) is 6.44. The Morgan fingerprint density at radius 2 is 1.39 bits per heavy atom. The lowest BCUT2D eigenvalue weighted by molar-refractivity contribution is -0.256. The molecule has 8 aliphatic rings. The molecule has 5 amide bonds. The van der Waals surface area contributed by atoms with Gasteiger partial charge in [-0.2, -0.15) is 0 Å². The number of methoxy groups -OCH3 is 2. The molecule has 5 aliphatic heterocycles. The molecule has 26 nitrogen and oxygen atoms in total. The number of fused-ring (bicyclic) bond motifs is 8. The third-order valence-electron chi connectivity index (χ3n) is 20.6. The van der Waals surface area contributed by atoms with Crippen molar-refractivity contribution in [3.8, 4) is 29.1 Å². The fourth-order valence-corrected chi connectivity index (χ4v) is 15.2. The molecule has 0 bridgehead atoms. The molecular formula is C73H88N6O20. The average molecular weight is 1370 g/mol. The molecule has 8 atom stereocenters. The number of ketones is 2. The first-order chi connectivity index (χ1) is 48.0. The Balaban J connectivity index is 0.510. The van der Waals surface area contributed by atoms with E-state index in [2.05, 4.69) is 32.7 Å². The molecule has 99 heavy (non-hydrogen) atoms. The molecule has 1 saturated carbocycles. The number of anilines is 1. The minimum atomic E-state index is -2.39. The molecule has 5 fully saturated rings. The number of aliphatic hydroxyl groups is 1. The zero-order valence-electron chi connectivity index (χ0n) is 56.2. The summed E-state index contributed by atoms with van der Waals surface area (Å²) in [5.41, 5.74) is -0.302. The Labute approximate surface area is 574 Å². The van der Waals surface area contributed by atoms with Gasteiger partial charge in [-0.1, -0.05) is 54.3 Å². The van der Waals surface area contributed by atoms with E-state index in [1.54, 1.807) is 4.90 Å². The first kappa shape index (κ1) is 70.9. The van der Waals surface area contributed by atoms with Crippen LogP contribution in [0.3, 0.4) is 0 Å². The van der Waals surface area contributed by atoms with Crippen molar-refractivity contribution in [2.45, 2.75) is 133 Å². The minimum absolute atomic E-state index is 0.00114. The second kappa shape index (κ2) is 31.7. The van der Waals surface area contributed by atoms with Gasteiger partial charge in [-0.15, -0.1) is 0 Å².